The lowest BCUT2D eigenvalue weighted by Crippen LogP contribution is -1.94. The van der Waals surface area contributed by atoms with Crippen molar-refractivity contribution >= 4 is 22.8 Å². The van der Waals surface area contributed by atoms with Gasteiger partial charge in [-0.15, -0.1) is 0 Å². The summed E-state index contributed by atoms with van der Waals surface area (Å²) in [5, 5.41) is 1.03. The number of imidazole rings is 1. The molecule has 0 unspecified atom stereocenters. The summed E-state index contributed by atoms with van der Waals surface area (Å²) in [6.07, 6.45) is 2.06. The highest BCUT2D eigenvalue weighted by Crippen LogP contribution is 2.26. The van der Waals surface area contributed by atoms with Gasteiger partial charge in [-0.05, 0) is 30.5 Å². The van der Waals surface area contributed by atoms with E-state index >= 15 is 0 Å². The molecule has 0 aliphatic heterocycles. The van der Waals surface area contributed by atoms with Gasteiger partial charge in [0, 0.05) is 5.69 Å². The molecule has 2 nitrogen and oxygen atoms in total. The number of benzene rings is 2. The molecule has 0 saturated carbocycles. The van der Waals surface area contributed by atoms with Crippen LogP contribution in [0.15, 0.2) is 59.8 Å². The lowest BCUT2D eigenvalue weighted by Gasteiger charge is -2.06. The molecule has 0 aliphatic rings. The molecule has 3 aromatic rings. The van der Waals surface area contributed by atoms with E-state index in [4.69, 9.17) is 0 Å². The first-order valence-corrected chi connectivity index (χ1v) is 6.69. The summed E-state index contributed by atoms with van der Waals surface area (Å²) in [7, 11) is 0. The van der Waals surface area contributed by atoms with Crippen LogP contribution >= 0.6 is 11.8 Å². The van der Waals surface area contributed by atoms with Crippen LogP contribution in [0.3, 0.4) is 0 Å². The van der Waals surface area contributed by atoms with Crippen molar-refractivity contribution in [3.63, 3.8) is 0 Å². The van der Waals surface area contributed by atoms with E-state index in [0.717, 1.165) is 21.9 Å². The molecule has 3 heteroatoms. The van der Waals surface area contributed by atoms with Crippen LogP contribution in [0, 0.1) is 0 Å². The first kappa shape index (κ1) is 10.4. The summed E-state index contributed by atoms with van der Waals surface area (Å²) in [6, 6.07) is 18.6. The molecule has 0 bridgehead atoms. The Balaban J connectivity index is 2.34. The smallest absolute Gasteiger partial charge is 0.173 e. The van der Waals surface area contributed by atoms with Gasteiger partial charge in [0.2, 0.25) is 0 Å². The molecule has 17 heavy (non-hydrogen) atoms. The summed E-state index contributed by atoms with van der Waals surface area (Å²) in [5.74, 6) is 0. The van der Waals surface area contributed by atoms with E-state index in [1.165, 1.54) is 0 Å². The van der Waals surface area contributed by atoms with E-state index < -0.39 is 0 Å². The fourth-order valence-electron chi connectivity index (χ4n) is 1.97. The van der Waals surface area contributed by atoms with Crippen molar-refractivity contribution in [1.82, 2.24) is 9.55 Å². The van der Waals surface area contributed by atoms with E-state index in [0.29, 0.717) is 0 Å². The standard InChI is InChI=1S/C14H12N2S/c1-17-14-15-12-9-5-6-10-13(12)16(14)11-7-3-2-4-8-11/h2-10H,1H3. The number of thioether (sulfide) groups is 1. The molecule has 2 aromatic carbocycles. The number of hydrogen-bond donors (Lipinski definition) is 0. The first-order chi connectivity index (χ1) is 8.40. The van der Waals surface area contributed by atoms with Gasteiger partial charge in [-0.25, -0.2) is 4.98 Å². The average molecular weight is 240 g/mol. The number of nitrogens with zero attached hydrogens (tertiary/aromatic N) is 2. The molecule has 1 heterocycles. The normalized spacial score (nSPS) is 10.9. The van der Waals surface area contributed by atoms with Crippen LogP contribution in [0.2, 0.25) is 0 Å². The molecule has 1 aromatic heterocycles. The van der Waals surface area contributed by atoms with Crippen molar-refractivity contribution in [3.05, 3.63) is 54.6 Å². The average Bonchev–Trinajstić information content (AvgIpc) is 2.78. The predicted molar refractivity (Wildman–Crippen MR) is 72.9 cm³/mol. The molecular weight excluding hydrogens is 228 g/mol. The quantitative estimate of drug-likeness (QED) is 0.635. The molecule has 3 rings (SSSR count). The number of para-hydroxylation sites is 3. The van der Waals surface area contributed by atoms with Crippen LogP contribution in [0.4, 0.5) is 0 Å². The van der Waals surface area contributed by atoms with Gasteiger partial charge in [-0.1, -0.05) is 42.1 Å². The van der Waals surface area contributed by atoms with Crippen LogP contribution in [0.1, 0.15) is 0 Å². The zero-order chi connectivity index (χ0) is 11.7. The highest BCUT2D eigenvalue weighted by Gasteiger charge is 2.10. The number of hydrogen-bond acceptors (Lipinski definition) is 2. The second-order valence-corrected chi connectivity index (χ2v) is 4.53. The summed E-state index contributed by atoms with van der Waals surface area (Å²) in [4.78, 5) is 4.63. The molecule has 0 saturated heterocycles. The minimum atomic E-state index is 1.03. The third kappa shape index (κ3) is 1.72. The maximum Gasteiger partial charge on any atom is 0.173 e. The molecule has 0 fully saturated rings. The monoisotopic (exact) mass is 240 g/mol. The lowest BCUT2D eigenvalue weighted by atomic mass is 10.3. The molecule has 0 amide bonds. The van der Waals surface area contributed by atoms with Gasteiger partial charge in [-0.2, -0.15) is 0 Å². The minimum absolute atomic E-state index is 1.03. The Morgan fingerprint density at radius 1 is 0.941 bits per heavy atom. The van der Waals surface area contributed by atoms with Crippen molar-refractivity contribution in [2.75, 3.05) is 6.26 Å². The fourth-order valence-corrected chi connectivity index (χ4v) is 2.54. The van der Waals surface area contributed by atoms with Gasteiger partial charge in [0.05, 0.1) is 11.0 Å². The number of fused-ring (bicyclic) bond motifs is 1. The summed E-state index contributed by atoms with van der Waals surface area (Å²) in [6.45, 7) is 0. The highest BCUT2D eigenvalue weighted by atomic mass is 32.2. The molecular formula is C14H12N2S. The topological polar surface area (TPSA) is 17.8 Å². The molecule has 0 N–H and O–H groups in total. The first-order valence-electron chi connectivity index (χ1n) is 5.47. The molecule has 84 valence electrons. The van der Waals surface area contributed by atoms with Crippen molar-refractivity contribution < 1.29 is 0 Å². The van der Waals surface area contributed by atoms with Crippen molar-refractivity contribution in [3.8, 4) is 5.69 Å². The number of rotatable bonds is 2. The Morgan fingerprint density at radius 3 is 2.41 bits per heavy atom. The second kappa shape index (κ2) is 4.26. The minimum Gasteiger partial charge on any atom is -0.287 e. The van der Waals surface area contributed by atoms with Crippen molar-refractivity contribution in [2.45, 2.75) is 5.16 Å². The van der Waals surface area contributed by atoms with Crippen LogP contribution < -0.4 is 0 Å². The maximum absolute atomic E-state index is 4.63. The maximum atomic E-state index is 4.63. The van der Waals surface area contributed by atoms with Gasteiger partial charge < -0.3 is 0 Å². The third-order valence-corrected chi connectivity index (χ3v) is 3.37. The van der Waals surface area contributed by atoms with Crippen molar-refractivity contribution in [1.29, 1.82) is 0 Å². The molecule has 0 aliphatic carbocycles. The SMILES string of the molecule is CSc1nc2ccccc2n1-c1ccccc1. The summed E-state index contributed by atoms with van der Waals surface area (Å²) in [5.41, 5.74) is 3.36. The number of aromatic nitrogens is 2. The van der Waals surface area contributed by atoms with Crippen LogP contribution in [0.5, 0.6) is 0 Å². The Bertz CT molecular complexity index is 644. The second-order valence-electron chi connectivity index (χ2n) is 3.76. The van der Waals surface area contributed by atoms with Crippen LogP contribution in [-0.2, 0) is 0 Å². The third-order valence-electron chi connectivity index (χ3n) is 2.73. The Morgan fingerprint density at radius 2 is 1.65 bits per heavy atom. The van der Waals surface area contributed by atoms with Gasteiger partial charge in [0.25, 0.3) is 0 Å². The van der Waals surface area contributed by atoms with Gasteiger partial charge >= 0.3 is 0 Å². The van der Waals surface area contributed by atoms with Crippen LogP contribution in [-0.4, -0.2) is 15.8 Å². The molecule has 0 atom stereocenters. The largest absolute Gasteiger partial charge is 0.287 e. The summed E-state index contributed by atoms with van der Waals surface area (Å²) >= 11 is 1.67. The highest BCUT2D eigenvalue weighted by molar-refractivity contribution is 7.98. The van der Waals surface area contributed by atoms with E-state index in [2.05, 4.69) is 40.1 Å². The Hall–Kier alpha value is -1.74. The van der Waals surface area contributed by atoms with Gasteiger partial charge in [0.15, 0.2) is 5.16 Å². The fraction of sp³-hybridized carbons (Fsp3) is 0.0714. The predicted octanol–water partition coefficient (Wildman–Crippen LogP) is 3.75. The molecule has 0 radical (unpaired) electrons. The Labute approximate surface area is 104 Å². The van der Waals surface area contributed by atoms with Gasteiger partial charge in [-0.3, -0.25) is 4.57 Å². The van der Waals surface area contributed by atoms with E-state index in [9.17, 15) is 0 Å². The summed E-state index contributed by atoms with van der Waals surface area (Å²) < 4.78 is 2.19. The van der Waals surface area contributed by atoms with Gasteiger partial charge in [0.1, 0.15) is 0 Å². The Kier molecular flexibility index (Phi) is 2.61. The van der Waals surface area contributed by atoms with E-state index in [-0.39, 0.29) is 0 Å². The van der Waals surface area contributed by atoms with E-state index in [1.54, 1.807) is 11.8 Å². The zero-order valence-electron chi connectivity index (χ0n) is 9.50. The van der Waals surface area contributed by atoms with E-state index in [1.807, 2.05) is 30.3 Å². The van der Waals surface area contributed by atoms with Crippen molar-refractivity contribution in [2.24, 2.45) is 0 Å². The lowest BCUT2D eigenvalue weighted by molar-refractivity contribution is 0.922. The zero-order valence-corrected chi connectivity index (χ0v) is 10.3. The molecule has 0 spiro atoms. The van der Waals surface area contributed by atoms with Crippen LogP contribution in [0.25, 0.3) is 16.7 Å².